The Hall–Kier alpha value is -0.630. The van der Waals surface area contributed by atoms with E-state index in [0.717, 1.165) is 19.3 Å². The van der Waals surface area contributed by atoms with E-state index in [9.17, 15) is 4.79 Å². The number of ketones is 1. The van der Waals surface area contributed by atoms with Gasteiger partial charge in [0.25, 0.3) is 0 Å². The van der Waals surface area contributed by atoms with Gasteiger partial charge in [-0.3, -0.25) is 4.79 Å². The average molecular weight is 206 g/mol. The number of ether oxygens (including phenoxy) is 1. The van der Waals surface area contributed by atoms with Crippen LogP contribution in [0.3, 0.4) is 0 Å². The van der Waals surface area contributed by atoms with Gasteiger partial charge in [0.2, 0.25) is 0 Å². The number of allylic oxidation sites excluding steroid dienone is 2. The third-order valence-electron chi connectivity index (χ3n) is 4.06. The molecular formula is C13H18O2. The number of fused-ring (bicyclic) bond motifs is 2. The normalized spacial score (nSPS) is 38.4. The molecule has 2 heterocycles. The van der Waals surface area contributed by atoms with E-state index in [1.165, 1.54) is 24.8 Å². The highest BCUT2D eigenvalue weighted by Gasteiger charge is 2.43. The van der Waals surface area contributed by atoms with Gasteiger partial charge >= 0.3 is 0 Å². The van der Waals surface area contributed by atoms with E-state index in [2.05, 4.69) is 6.08 Å². The molecule has 15 heavy (non-hydrogen) atoms. The molecular weight excluding hydrogens is 188 g/mol. The molecule has 0 N–H and O–H groups in total. The Kier molecular flexibility index (Phi) is 2.39. The molecule has 0 spiro atoms. The molecule has 0 saturated carbocycles. The van der Waals surface area contributed by atoms with Crippen molar-refractivity contribution in [3.63, 3.8) is 0 Å². The average Bonchev–Trinajstić information content (AvgIpc) is 2.93. The Labute approximate surface area is 90.7 Å². The summed E-state index contributed by atoms with van der Waals surface area (Å²) in [5.41, 5.74) is 1.38. The summed E-state index contributed by atoms with van der Waals surface area (Å²) in [6.07, 6.45) is 10.5. The summed E-state index contributed by atoms with van der Waals surface area (Å²) in [4.78, 5) is 12.1. The molecule has 3 unspecified atom stereocenters. The molecule has 0 aromatic carbocycles. The number of carbonyl (C=O) groups excluding carboxylic acids is 1. The SMILES string of the molecule is O=C(CC1=CCCC1)C1CC2CCC1O2. The summed E-state index contributed by atoms with van der Waals surface area (Å²) in [6.45, 7) is 0. The summed E-state index contributed by atoms with van der Waals surface area (Å²) in [6, 6.07) is 0. The van der Waals surface area contributed by atoms with Crippen molar-refractivity contribution in [3.05, 3.63) is 11.6 Å². The highest BCUT2D eigenvalue weighted by Crippen LogP contribution is 2.40. The zero-order valence-electron chi connectivity index (χ0n) is 9.08. The first kappa shape index (κ1) is 9.59. The lowest BCUT2D eigenvalue weighted by Crippen LogP contribution is -2.25. The first-order valence-corrected chi connectivity index (χ1v) is 6.19. The molecule has 2 fully saturated rings. The first-order chi connectivity index (χ1) is 7.33. The molecule has 1 aliphatic carbocycles. The summed E-state index contributed by atoms with van der Waals surface area (Å²) in [5.74, 6) is 0.667. The lowest BCUT2D eigenvalue weighted by Gasteiger charge is -2.17. The van der Waals surface area contributed by atoms with E-state index >= 15 is 0 Å². The number of rotatable bonds is 3. The molecule has 0 radical (unpaired) electrons. The quantitative estimate of drug-likeness (QED) is 0.663. The van der Waals surface area contributed by atoms with Gasteiger partial charge in [0.15, 0.2) is 0 Å². The monoisotopic (exact) mass is 206 g/mol. The van der Waals surface area contributed by atoms with Crippen LogP contribution in [0.4, 0.5) is 0 Å². The van der Waals surface area contributed by atoms with Crippen molar-refractivity contribution in [1.82, 2.24) is 0 Å². The Balaban J connectivity index is 1.60. The summed E-state index contributed by atoms with van der Waals surface area (Å²) in [5, 5.41) is 0. The van der Waals surface area contributed by atoms with Crippen molar-refractivity contribution in [1.29, 1.82) is 0 Å². The fraction of sp³-hybridized carbons (Fsp3) is 0.769. The Morgan fingerprint density at radius 2 is 2.40 bits per heavy atom. The Morgan fingerprint density at radius 3 is 3.00 bits per heavy atom. The zero-order valence-corrected chi connectivity index (χ0v) is 9.08. The maximum absolute atomic E-state index is 12.1. The van der Waals surface area contributed by atoms with Gasteiger partial charge in [-0.25, -0.2) is 0 Å². The van der Waals surface area contributed by atoms with Crippen LogP contribution in [-0.4, -0.2) is 18.0 Å². The lowest BCUT2D eigenvalue weighted by atomic mass is 9.84. The lowest BCUT2D eigenvalue weighted by molar-refractivity contribution is -0.123. The maximum Gasteiger partial charge on any atom is 0.142 e. The smallest absolute Gasteiger partial charge is 0.142 e. The van der Waals surface area contributed by atoms with Gasteiger partial charge in [-0.15, -0.1) is 0 Å². The molecule has 0 aromatic rings. The molecule has 2 saturated heterocycles. The van der Waals surface area contributed by atoms with Gasteiger partial charge in [0, 0.05) is 12.3 Å². The van der Waals surface area contributed by atoms with Crippen molar-refractivity contribution in [2.75, 3.05) is 0 Å². The van der Waals surface area contributed by atoms with E-state index in [-0.39, 0.29) is 12.0 Å². The zero-order chi connectivity index (χ0) is 10.3. The summed E-state index contributed by atoms with van der Waals surface area (Å²) >= 11 is 0. The standard InChI is InChI=1S/C13H18O2/c14-12(7-9-3-1-2-4-9)11-8-10-5-6-13(11)15-10/h3,10-11,13H,1-2,4-8H2. The van der Waals surface area contributed by atoms with Crippen LogP contribution < -0.4 is 0 Å². The molecule has 3 atom stereocenters. The Bertz CT molecular complexity index is 306. The van der Waals surface area contributed by atoms with Gasteiger partial charge in [0.05, 0.1) is 12.2 Å². The second-order valence-corrected chi connectivity index (χ2v) is 5.11. The van der Waals surface area contributed by atoms with E-state index in [0.29, 0.717) is 18.3 Å². The molecule has 3 aliphatic rings. The molecule has 0 amide bonds. The molecule has 2 aliphatic heterocycles. The van der Waals surface area contributed by atoms with Crippen LogP contribution in [0.15, 0.2) is 11.6 Å². The van der Waals surface area contributed by atoms with Gasteiger partial charge < -0.3 is 4.74 Å². The van der Waals surface area contributed by atoms with E-state index in [1.807, 2.05) is 0 Å². The fourth-order valence-corrected chi connectivity index (χ4v) is 3.23. The van der Waals surface area contributed by atoms with Crippen LogP contribution in [0.25, 0.3) is 0 Å². The fourth-order valence-electron chi connectivity index (χ4n) is 3.23. The summed E-state index contributed by atoms with van der Waals surface area (Å²) in [7, 11) is 0. The number of carbonyl (C=O) groups is 1. The van der Waals surface area contributed by atoms with E-state index in [1.54, 1.807) is 0 Å². The van der Waals surface area contributed by atoms with Crippen molar-refractivity contribution in [3.8, 4) is 0 Å². The molecule has 2 nitrogen and oxygen atoms in total. The first-order valence-electron chi connectivity index (χ1n) is 6.19. The van der Waals surface area contributed by atoms with Crippen LogP contribution in [0.1, 0.15) is 44.9 Å². The van der Waals surface area contributed by atoms with E-state index < -0.39 is 0 Å². The van der Waals surface area contributed by atoms with Gasteiger partial charge in [-0.2, -0.15) is 0 Å². The Morgan fingerprint density at radius 1 is 1.47 bits per heavy atom. The largest absolute Gasteiger partial charge is 0.374 e. The van der Waals surface area contributed by atoms with Gasteiger partial charge in [-0.05, 0) is 38.5 Å². The molecule has 2 bridgehead atoms. The minimum absolute atomic E-state index is 0.227. The van der Waals surface area contributed by atoms with Crippen LogP contribution in [0.2, 0.25) is 0 Å². The van der Waals surface area contributed by atoms with Crippen molar-refractivity contribution < 1.29 is 9.53 Å². The van der Waals surface area contributed by atoms with Crippen LogP contribution in [0, 0.1) is 5.92 Å². The number of hydrogen-bond acceptors (Lipinski definition) is 2. The second kappa shape index (κ2) is 3.75. The number of Topliss-reactive ketones (excluding diaryl/α,β-unsaturated/α-hetero) is 1. The predicted molar refractivity (Wildman–Crippen MR) is 57.6 cm³/mol. The van der Waals surface area contributed by atoms with Gasteiger partial charge in [0.1, 0.15) is 5.78 Å². The predicted octanol–water partition coefficient (Wildman–Crippen LogP) is 2.62. The third-order valence-corrected chi connectivity index (χ3v) is 4.06. The van der Waals surface area contributed by atoms with Gasteiger partial charge in [-0.1, -0.05) is 11.6 Å². The summed E-state index contributed by atoms with van der Waals surface area (Å²) < 4.78 is 5.73. The van der Waals surface area contributed by atoms with Crippen LogP contribution in [-0.2, 0) is 9.53 Å². The minimum atomic E-state index is 0.227. The minimum Gasteiger partial charge on any atom is -0.374 e. The molecule has 82 valence electrons. The second-order valence-electron chi connectivity index (χ2n) is 5.11. The molecule has 2 heteroatoms. The van der Waals surface area contributed by atoms with Crippen molar-refractivity contribution >= 4 is 5.78 Å². The van der Waals surface area contributed by atoms with E-state index in [4.69, 9.17) is 4.74 Å². The molecule has 3 rings (SSSR count). The third kappa shape index (κ3) is 1.76. The molecule has 0 aromatic heterocycles. The highest BCUT2D eigenvalue weighted by molar-refractivity contribution is 5.84. The van der Waals surface area contributed by atoms with Crippen LogP contribution >= 0.6 is 0 Å². The van der Waals surface area contributed by atoms with Crippen LogP contribution in [0.5, 0.6) is 0 Å². The van der Waals surface area contributed by atoms with Crippen molar-refractivity contribution in [2.24, 2.45) is 5.92 Å². The van der Waals surface area contributed by atoms with Crippen molar-refractivity contribution in [2.45, 2.75) is 57.2 Å². The topological polar surface area (TPSA) is 26.3 Å². The maximum atomic E-state index is 12.1. The highest BCUT2D eigenvalue weighted by atomic mass is 16.5. The number of hydrogen-bond donors (Lipinski definition) is 0.